The minimum absolute atomic E-state index is 0.139. The molecule has 29 heavy (non-hydrogen) atoms. The van der Waals surface area contributed by atoms with Crippen LogP contribution in [0.15, 0.2) is 48.5 Å². The van der Waals surface area contributed by atoms with Gasteiger partial charge in [0.15, 0.2) is 0 Å². The summed E-state index contributed by atoms with van der Waals surface area (Å²) < 4.78 is 37.7. The Labute approximate surface area is 167 Å². The van der Waals surface area contributed by atoms with E-state index >= 15 is 0 Å². The molecule has 3 rings (SSSR count). The zero-order valence-corrected chi connectivity index (χ0v) is 16.0. The SMILES string of the molecule is O=C(CCc1ccc(C(F)(F)F)cc1)NCc1ccc(N2CCCCC2=O)cc1. The first-order chi connectivity index (χ1) is 13.8. The molecule has 0 radical (unpaired) electrons. The molecule has 2 aromatic rings. The second-order valence-electron chi connectivity index (χ2n) is 7.14. The van der Waals surface area contributed by atoms with E-state index in [9.17, 15) is 22.8 Å². The fourth-order valence-electron chi connectivity index (χ4n) is 3.28. The van der Waals surface area contributed by atoms with Crippen LogP contribution in [0.2, 0.25) is 0 Å². The van der Waals surface area contributed by atoms with Gasteiger partial charge in [-0.25, -0.2) is 0 Å². The highest BCUT2D eigenvalue weighted by atomic mass is 19.4. The third-order valence-corrected chi connectivity index (χ3v) is 4.98. The topological polar surface area (TPSA) is 49.4 Å². The number of rotatable bonds is 6. The summed E-state index contributed by atoms with van der Waals surface area (Å²) >= 11 is 0. The molecular formula is C22H23F3N2O2. The smallest absolute Gasteiger partial charge is 0.352 e. The van der Waals surface area contributed by atoms with E-state index in [1.54, 1.807) is 4.90 Å². The molecule has 0 saturated carbocycles. The van der Waals surface area contributed by atoms with E-state index in [2.05, 4.69) is 5.32 Å². The maximum Gasteiger partial charge on any atom is 0.416 e. The molecular weight excluding hydrogens is 381 g/mol. The number of alkyl halides is 3. The van der Waals surface area contributed by atoms with E-state index in [0.29, 0.717) is 24.9 Å². The van der Waals surface area contributed by atoms with Crippen molar-refractivity contribution in [2.24, 2.45) is 0 Å². The van der Waals surface area contributed by atoms with Gasteiger partial charge in [-0.15, -0.1) is 0 Å². The van der Waals surface area contributed by atoms with Gasteiger partial charge in [0.25, 0.3) is 0 Å². The van der Waals surface area contributed by atoms with Gasteiger partial charge in [0.1, 0.15) is 0 Å². The van der Waals surface area contributed by atoms with Crippen LogP contribution >= 0.6 is 0 Å². The van der Waals surface area contributed by atoms with Gasteiger partial charge in [-0.1, -0.05) is 24.3 Å². The summed E-state index contributed by atoms with van der Waals surface area (Å²) in [4.78, 5) is 25.8. The van der Waals surface area contributed by atoms with E-state index in [-0.39, 0.29) is 18.2 Å². The number of hydrogen-bond donors (Lipinski definition) is 1. The largest absolute Gasteiger partial charge is 0.416 e. The van der Waals surface area contributed by atoms with Gasteiger partial charge >= 0.3 is 6.18 Å². The standard InChI is InChI=1S/C22H23F3N2O2/c23-22(24,25)18-9-4-16(5-10-18)8-13-20(28)26-15-17-6-11-19(12-7-17)27-14-2-1-3-21(27)29/h4-7,9-12H,1-3,8,13-15H2,(H,26,28). The monoisotopic (exact) mass is 404 g/mol. The first-order valence-corrected chi connectivity index (χ1v) is 9.65. The molecule has 0 unspecified atom stereocenters. The molecule has 1 fully saturated rings. The zero-order valence-electron chi connectivity index (χ0n) is 16.0. The summed E-state index contributed by atoms with van der Waals surface area (Å²) in [5.74, 6) is -0.0271. The lowest BCUT2D eigenvalue weighted by Gasteiger charge is -2.26. The molecule has 1 saturated heterocycles. The van der Waals surface area contributed by atoms with E-state index in [1.165, 1.54) is 12.1 Å². The van der Waals surface area contributed by atoms with Crippen LogP contribution in [-0.2, 0) is 28.7 Å². The van der Waals surface area contributed by atoms with Gasteiger partial charge in [0, 0.05) is 31.6 Å². The molecule has 7 heteroatoms. The predicted octanol–water partition coefficient (Wildman–Crippen LogP) is 4.47. The highest BCUT2D eigenvalue weighted by molar-refractivity contribution is 5.93. The number of carbonyl (C=O) groups excluding carboxylic acids is 2. The summed E-state index contributed by atoms with van der Waals surface area (Å²) in [6.45, 7) is 1.10. The van der Waals surface area contributed by atoms with E-state index in [1.807, 2.05) is 24.3 Å². The van der Waals surface area contributed by atoms with Crippen molar-refractivity contribution in [3.05, 3.63) is 65.2 Å². The molecule has 0 atom stereocenters. The number of halogens is 3. The lowest BCUT2D eigenvalue weighted by molar-refractivity contribution is -0.137. The fraction of sp³-hybridized carbons (Fsp3) is 0.364. The number of carbonyl (C=O) groups is 2. The highest BCUT2D eigenvalue weighted by Gasteiger charge is 2.29. The Kier molecular flexibility index (Phi) is 6.56. The number of benzene rings is 2. The van der Waals surface area contributed by atoms with Gasteiger partial charge in [0.2, 0.25) is 11.8 Å². The predicted molar refractivity (Wildman–Crippen MR) is 104 cm³/mol. The Morgan fingerprint density at radius 1 is 0.966 bits per heavy atom. The minimum Gasteiger partial charge on any atom is -0.352 e. The first kappa shape index (κ1) is 20.9. The molecule has 154 valence electrons. The molecule has 1 aliphatic rings. The first-order valence-electron chi connectivity index (χ1n) is 9.65. The van der Waals surface area contributed by atoms with E-state index in [0.717, 1.165) is 42.8 Å². The molecule has 0 spiro atoms. The lowest BCUT2D eigenvalue weighted by Crippen LogP contribution is -2.35. The highest BCUT2D eigenvalue weighted by Crippen LogP contribution is 2.29. The number of nitrogens with zero attached hydrogens (tertiary/aromatic N) is 1. The summed E-state index contributed by atoms with van der Waals surface area (Å²) in [6, 6.07) is 12.4. The van der Waals surface area contributed by atoms with Gasteiger partial charge in [-0.05, 0) is 54.7 Å². The summed E-state index contributed by atoms with van der Waals surface area (Å²) in [6.07, 6.45) is -1.26. The fourth-order valence-corrected chi connectivity index (χ4v) is 3.28. The number of amides is 2. The molecule has 1 N–H and O–H groups in total. The zero-order chi connectivity index (χ0) is 20.9. The average molecular weight is 404 g/mol. The molecule has 2 aromatic carbocycles. The van der Waals surface area contributed by atoms with E-state index < -0.39 is 11.7 Å². The average Bonchev–Trinajstić information content (AvgIpc) is 2.71. The van der Waals surface area contributed by atoms with Crippen LogP contribution in [0, 0.1) is 0 Å². The second-order valence-corrected chi connectivity index (χ2v) is 7.14. The Balaban J connectivity index is 1.45. The van der Waals surface area contributed by atoms with Crippen molar-refractivity contribution in [3.8, 4) is 0 Å². The number of hydrogen-bond acceptors (Lipinski definition) is 2. The summed E-state index contributed by atoms with van der Waals surface area (Å²) in [7, 11) is 0. The Bertz CT molecular complexity index is 846. The number of anilines is 1. The Hall–Kier alpha value is -2.83. The summed E-state index contributed by atoms with van der Waals surface area (Å²) in [5, 5.41) is 2.81. The van der Waals surface area contributed by atoms with Crippen LogP contribution < -0.4 is 10.2 Å². The third kappa shape index (κ3) is 5.82. The van der Waals surface area contributed by atoms with Crippen LogP contribution in [0.4, 0.5) is 18.9 Å². The van der Waals surface area contributed by atoms with Crippen molar-refractivity contribution in [3.63, 3.8) is 0 Å². The molecule has 0 aliphatic carbocycles. The van der Waals surface area contributed by atoms with Crippen LogP contribution in [-0.4, -0.2) is 18.4 Å². The molecule has 4 nitrogen and oxygen atoms in total. The quantitative estimate of drug-likeness (QED) is 0.772. The third-order valence-electron chi connectivity index (χ3n) is 4.98. The number of piperidine rings is 1. The molecule has 0 bridgehead atoms. The van der Waals surface area contributed by atoms with Gasteiger partial charge in [-0.2, -0.15) is 13.2 Å². The number of nitrogens with one attached hydrogen (secondary N) is 1. The van der Waals surface area contributed by atoms with Crippen LogP contribution in [0.5, 0.6) is 0 Å². The van der Waals surface area contributed by atoms with Gasteiger partial charge < -0.3 is 10.2 Å². The molecule has 2 amide bonds. The minimum atomic E-state index is -4.35. The van der Waals surface area contributed by atoms with E-state index in [4.69, 9.17) is 0 Å². The van der Waals surface area contributed by atoms with Gasteiger partial charge in [-0.3, -0.25) is 9.59 Å². The van der Waals surface area contributed by atoms with Crippen molar-refractivity contribution in [1.82, 2.24) is 5.32 Å². The van der Waals surface area contributed by atoms with Crippen molar-refractivity contribution in [1.29, 1.82) is 0 Å². The van der Waals surface area contributed by atoms with Gasteiger partial charge in [0.05, 0.1) is 5.56 Å². The van der Waals surface area contributed by atoms with Crippen molar-refractivity contribution in [2.75, 3.05) is 11.4 Å². The van der Waals surface area contributed by atoms with Crippen molar-refractivity contribution < 1.29 is 22.8 Å². The summed E-state index contributed by atoms with van der Waals surface area (Å²) in [5.41, 5.74) is 1.78. The maximum atomic E-state index is 12.6. The van der Waals surface area contributed by atoms with Crippen LogP contribution in [0.25, 0.3) is 0 Å². The normalized spacial score (nSPS) is 14.7. The maximum absolute atomic E-state index is 12.6. The Morgan fingerprint density at radius 2 is 1.62 bits per heavy atom. The molecule has 1 aliphatic heterocycles. The van der Waals surface area contributed by atoms with Crippen molar-refractivity contribution in [2.45, 2.75) is 44.8 Å². The second kappa shape index (κ2) is 9.11. The molecule has 0 aromatic heterocycles. The number of aryl methyl sites for hydroxylation is 1. The lowest BCUT2D eigenvalue weighted by atomic mass is 10.1. The van der Waals surface area contributed by atoms with Crippen molar-refractivity contribution >= 4 is 17.5 Å². The van der Waals surface area contributed by atoms with Crippen LogP contribution in [0.1, 0.15) is 42.4 Å². The molecule has 1 heterocycles. The Morgan fingerprint density at radius 3 is 2.24 bits per heavy atom. The van der Waals surface area contributed by atoms with Crippen LogP contribution in [0.3, 0.4) is 0 Å².